The Balaban J connectivity index is 1.78. The first-order valence-electron chi connectivity index (χ1n) is 8.76. The van der Waals surface area contributed by atoms with Crippen molar-refractivity contribution in [2.75, 3.05) is 11.4 Å². The zero-order valence-corrected chi connectivity index (χ0v) is 15.2. The SMILES string of the molecule is NC(=O)[C@@H]1CN(c2ccc3cc(-c4ccccc4C(F)(F)F)[nH]c(=O)c3c2)C(=O)O1. The minimum Gasteiger partial charge on any atom is -0.434 e. The number of benzene rings is 2. The second-order valence-corrected chi connectivity index (χ2v) is 6.71. The number of aromatic nitrogens is 1. The third-order valence-corrected chi connectivity index (χ3v) is 4.79. The number of alkyl halides is 3. The van der Waals surface area contributed by atoms with E-state index in [9.17, 15) is 27.6 Å². The minimum atomic E-state index is -4.58. The normalized spacial score (nSPS) is 16.7. The molecule has 3 aromatic rings. The fourth-order valence-electron chi connectivity index (χ4n) is 3.35. The van der Waals surface area contributed by atoms with Gasteiger partial charge in [0.2, 0.25) is 0 Å². The number of ether oxygens (including phenoxy) is 1. The van der Waals surface area contributed by atoms with Crippen molar-refractivity contribution in [2.45, 2.75) is 12.3 Å². The molecule has 0 aliphatic carbocycles. The fourth-order valence-corrected chi connectivity index (χ4v) is 3.35. The number of nitrogens with two attached hydrogens (primary N) is 1. The monoisotopic (exact) mass is 417 g/mol. The quantitative estimate of drug-likeness (QED) is 0.683. The van der Waals surface area contributed by atoms with E-state index >= 15 is 0 Å². The molecule has 4 rings (SSSR count). The van der Waals surface area contributed by atoms with Gasteiger partial charge in [0.15, 0.2) is 6.10 Å². The Morgan fingerprint density at radius 1 is 1.13 bits per heavy atom. The van der Waals surface area contributed by atoms with Gasteiger partial charge in [-0.3, -0.25) is 14.5 Å². The van der Waals surface area contributed by atoms with E-state index in [4.69, 9.17) is 10.5 Å². The van der Waals surface area contributed by atoms with Crippen molar-refractivity contribution in [2.24, 2.45) is 5.73 Å². The third kappa shape index (κ3) is 3.36. The van der Waals surface area contributed by atoms with Crippen LogP contribution < -0.4 is 16.2 Å². The summed E-state index contributed by atoms with van der Waals surface area (Å²) in [6, 6.07) is 10.8. The number of H-pyrrole nitrogens is 1. The molecule has 3 N–H and O–H groups in total. The molecular weight excluding hydrogens is 403 g/mol. The van der Waals surface area contributed by atoms with Gasteiger partial charge in [-0.05, 0) is 29.7 Å². The summed E-state index contributed by atoms with van der Waals surface area (Å²) in [6.07, 6.45) is -6.47. The molecule has 30 heavy (non-hydrogen) atoms. The number of cyclic esters (lactones) is 1. The van der Waals surface area contributed by atoms with Gasteiger partial charge < -0.3 is 15.5 Å². The Kier molecular flexibility index (Phi) is 4.49. The molecule has 1 aromatic heterocycles. The molecule has 0 unspecified atom stereocenters. The van der Waals surface area contributed by atoms with E-state index in [1.54, 1.807) is 0 Å². The molecule has 1 fully saturated rings. The number of hydrogen-bond donors (Lipinski definition) is 2. The number of halogens is 3. The van der Waals surface area contributed by atoms with Gasteiger partial charge in [0, 0.05) is 22.3 Å². The zero-order chi connectivity index (χ0) is 21.6. The van der Waals surface area contributed by atoms with Crippen LogP contribution in [0.3, 0.4) is 0 Å². The summed E-state index contributed by atoms with van der Waals surface area (Å²) in [5, 5.41) is 0.546. The summed E-state index contributed by atoms with van der Waals surface area (Å²) in [5.74, 6) is -0.794. The van der Waals surface area contributed by atoms with Crippen LogP contribution in [0.5, 0.6) is 0 Å². The molecule has 154 valence electrons. The lowest BCUT2D eigenvalue weighted by Crippen LogP contribution is -2.32. The number of nitrogens with one attached hydrogen (secondary N) is 1. The first-order valence-corrected chi connectivity index (χ1v) is 8.76. The Bertz CT molecular complexity index is 1240. The minimum absolute atomic E-state index is 0.0162. The first-order chi connectivity index (χ1) is 14.1. The fraction of sp³-hybridized carbons (Fsp3) is 0.150. The molecule has 1 atom stereocenters. The number of anilines is 1. The standard InChI is InChI=1S/C20H14F3N3O4/c21-20(22,23)14-4-2-1-3-12(14)15-7-10-5-6-11(8-13(10)18(28)25-15)26-9-16(17(24)27)30-19(26)29/h1-8,16H,9H2,(H2,24,27)(H,25,28)/t16-/m0/s1. The number of pyridine rings is 1. The lowest BCUT2D eigenvalue weighted by Gasteiger charge is -2.15. The number of nitrogens with zero attached hydrogens (tertiary/aromatic N) is 1. The van der Waals surface area contributed by atoms with Gasteiger partial charge >= 0.3 is 12.3 Å². The van der Waals surface area contributed by atoms with Gasteiger partial charge in [-0.25, -0.2) is 4.79 Å². The Morgan fingerprint density at radius 3 is 2.53 bits per heavy atom. The highest BCUT2D eigenvalue weighted by Gasteiger charge is 2.36. The Morgan fingerprint density at radius 2 is 1.87 bits per heavy atom. The molecule has 10 heteroatoms. The molecule has 1 saturated heterocycles. The van der Waals surface area contributed by atoms with E-state index in [0.717, 1.165) is 11.0 Å². The molecule has 7 nitrogen and oxygen atoms in total. The van der Waals surface area contributed by atoms with Gasteiger partial charge in [0.25, 0.3) is 11.5 Å². The van der Waals surface area contributed by atoms with Crippen molar-refractivity contribution >= 4 is 28.5 Å². The number of aromatic amines is 1. The molecule has 2 amide bonds. The summed E-state index contributed by atoms with van der Waals surface area (Å²) < 4.78 is 44.8. The Labute approximate surface area is 166 Å². The average molecular weight is 417 g/mol. The largest absolute Gasteiger partial charge is 0.434 e. The number of fused-ring (bicyclic) bond motifs is 1. The third-order valence-electron chi connectivity index (χ3n) is 4.79. The van der Waals surface area contributed by atoms with E-state index in [2.05, 4.69) is 4.98 Å². The number of carbonyl (C=O) groups is 2. The maximum Gasteiger partial charge on any atom is 0.417 e. The Hall–Kier alpha value is -3.82. The van der Waals surface area contributed by atoms with Gasteiger partial charge in [-0.1, -0.05) is 24.3 Å². The van der Waals surface area contributed by atoms with Crippen LogP contribution in [0.25, 0.3) is 22.0 Å². The van der Waals surface area contributed by atoms with Crippen molar-refractivity contribution in [1.82, 2.24) is 4.98 Å². The van der Waals surface area contributed by atoms with E-state index in [1.807, 2.05) is 0 Å². The summed E-state index contributed by atoms with van der Waals surface area (Å²) in [7, 11) is 0. The lowest BCUT2D eigenvalue weighted by molar-refractivity contribution is -0.137. The van der Waals surface area contributed by atoms with Crippen LogP contribution in [0, 0.1) is 0 Å². The average Bonchev–Trinajstić information content (AvgIpc) is 3.09. The van der Waals surface area contributed by atoms with Gasteiger partial charge in [-0.15, -0.1) is 0 Å². The van der Waals surface area contributed by atoms with Crippen LogP contribution in [0.1, 0.15) is 5.56 Å². The molecule has 0 radical (unpaired) electrons. The van der Waals surface area contributed by atoms with Crippen molar-refractivity contribution in [3.8, 4) is 11.3 Å². The second-order valence-electron chi connectivity index (χ2n) is 6.71. The smallest absolute Gasteiger partial charge is 0.417 e. The summed E-state index contributed by atoms with van der Waals surface area (Å²) in [5.41, 5.74) is 3.82. The highest BCUT2D eigenvalue weighted by atomic mass is 19.4. The predicted molar refractivity (Wildman–Crippen MR) is 102 cm³/mol. The lowest BCUT2D eigenvalue weighted by atomic mass is 10.0. The molecule has 0 spiro atoms. The molecule has 0 bridgehead atoms. The highest BCUT2D eigenvalue weighted by Crippen LogP contribution is 2.36. The van der Waals surface area contributed by atoms with Crippen LogP contribution >= 0.6 is 0 Å². The molecule has 1 aliphatic heterocycles. The van der Waals surface area contributed by atoms with Gasteiger partial charge in [-0.2, -0.15) is 13.2 Å². The first kappa shape index (κ1) is 19.5. The summed E-state index contributed by atoms with van der Waals surface area (Å²) >= 11 is 0. The summed E-state index contributed by atoms with van der Waals surface area (Å²) in [4.78, 5) is 39.5. The van der Waals surface area contributed by atoms with Crippen molar-refractivity contribution < 1.29 is 27.5 Å². The molecular formula is C20H14F3N3O4. The second kappa shape index (κ2) is 6.90. The van der Waals surface area contributed by atoms with Crippen molar-refractivity contribution in [3.63, 3.8) is 0 Å². The number of carbonyl (C=O) groups excluding carboxylic acids is 2. The number of rotatable bonds is 3. The van der Waals surface area contributed by atoms with E-state index < -0.39 is 35.4 Å². The van der Waals surface area contributed by atoms with E-state index in [0.29, 0.717) is 11.1 Å². The van der Waals surface area contributed by atoms with Crippen LogP contribution in [0.4, 0.5) is 23.7 Å². The van der Waals surface area contributed by atoms with E-state index in [-0.39, 0.29) is 23.2 Å². The maximum atomic E-state index is 13.3. The van der Waals surface area contributed by atoms with Gasteiger partial charge in [0.05, 0.1) is 12.1 Å². The van der Waals surface area contributed by atoms with Crippen molar-refractivity contribution in [3.05, 3.63) is 64.4 Å². The number of amides is 2. The summed E-state index contributed by atoms with van der Waals surface area (Å²) in [6.45, 7) is -0.103. The van der Waals surface area contributed by atoms with Crippen LogP contribution in [0.2, 0.25) is 0 Å². The van der Waals surface area contributed by atoms with E-state index in [1.165, 1.54) is 42.5 Å². The number of hydrogen-bond acceptors (Lipinski definition) is 4. The molecule has 2 aromatic carbocycles. The molecule has 2 heterocycles. The highest BCUT2D eigenvalue weighted by molar-refractivity contribution is 5.97. The number of primary amides is 1. The van der Waals surface area contributed by atoms with Crippen LogP contribution in [-0.2, 0) is 15.7 Å². The van der Waals surface area contributed by atoms with Gasteiger partial charge in [0.1, 0.15) is 0 Å². The maximum absolute atomic E-state index is 13.3. The van der Waals surface area contributed by atoms with Crippen molar-refractivity contribution in [1.29, 1.82) is 0 Å². The van der Waals surface area contributed by atoms with Crippen LogP contribution in [-0.4, -0.2) is 29.6 Å². The topological polar surface area (TPSA) is 105 Å². The molecule has 1 aliphatic rings. The predicted octanol–water partition coefficient (Wildman–Crippen LogP) is 3.02. The molecule has 0 saturated carbocycles. The zero-order valence-electron chi connectivity index (χ0n) is 15.2. The van der Waals surface area contributed by atoms with Crippen LogP contribution in [0.15, 0.2) is 53.3 Å².